The van der Waals surface area contributed by atoms with E-state index in [9.17, 15) is 14.0 Å². The van der Waals surface area contributed by atoms with E-state index < -0.39 is 17.3 Å². The van der Waals surface area contributed by atoms with E-state index >= 15 is 0 Å². The van der Waals surface area contributed by atoms with Gasteiger partial charge in [-0.2, -0.15) is 4.98 Å². The van der Waals surface area contributed by atoms with E-state index in [-0.39, 0.29) is 12.3 Å². The van der Waals surface area contributed by atoms with Gasteiger partial charge in [0.25, 0.3) is 5.56 Å². The first-order valence-corrected chi connectivity index (χ1v) is 9.29. The number of nitrogens with one attached hydrogen (secondary N) is 1. The summed E-state index contributed by atoms with van der Waals surface area (Å²) in [5, 5.41) is 3.20. The fourth-order valence-corrected chi connectivity index (χ4v) is 3.92. The minimum absolute atomic E-state index is 0.00353. The van der Waals surface area contributed by atoms with E-state index in [0.29, 0.717) is 32.3 Å². The van der Waals surface area contributed by atoms with Gasteiger partial charge in [0.1, 0.15) is 11.6 Å². The summed E-state index contributed by atoms with van der Waals surface area (Å²) in [6, 6.07) is 4.49. The molecule has 0 bridgehead atoms. The fourth-order valence-electron chi connectivity index (χ4n) is 2.85. The highest BCUT2D eigenvalue weighted by molar-refractivity contribution is 9.10. The molecule has 1 unspecified atom stereocenters. The van der Waals surface area contributed by atoms with Crippen LogP contribution < -0.4 is 10.9 Å². The molecule has 1 atom stereocenters. The maximum absolute atomic E-state index is 14.4. The van der Waals surface area contributed by atoms with Crippen LogP contribution in [0.1, 0.15) is 23.5 Å². The number of amides is 1. The standard InChI is InChI=1S/C17H15BrFN3O2S/c1-3-6-25-17-21-16(24)14-11(8-13(23)20-15(14)22(17)2)10-7-9(18)4-5-12(10)19/h3-5,7,11H,1,6,8H2,2H3,(H,20,23). The summed E-state index contributed by atoms with van der Waals surface area (Å²) in [4.78, 5) is 28.9. The molecule has 0 fully saturated rings. The van der Waals surface area contributed by atoms with E-state index in [4.69, 9.17) is 0 Å². The predicted molar refractivity (Wildman–Crippen MR) is 99.6 cm³/mol. The number of nitrogens with zero attached hydrogens (tertiary/aromatic N) is 2. The lowest BCUT2D eigenvalue weighted by Gasteiger charge is -2.27. The van der Waals surface area contributed by atoms with Crippen molar-refractivity contribution in [2.24, 2.45) is 7.05 Å². The third-order valence-electron chi connectivity index (χ3n) is 3.96. The minimum Gasteiger partial charge on any atom is -0.312 e. The van der Waals surface area contributed by atoms with Gasteiger partial charge in [0.15, 0.2) is 5.16 Å². The lowest BCUT2D eigenvalue weighted by atomic mass is 9.86. The molecule has 1 N–H and O–H groups in total. The largest absolute Gasteiger partial charge is 0.312 e. The van der Waals surface area contributed by atoms with E-state index in [1.807, 2.05) is 0 Å². The summed E-state index contributed by atoms with van der Waals surface area (Å²) in [5.74, 6) is -0.451. The monoisotopic (exact) mass is 423 g/mol. The van der Waals surface area contributed by atoms with Crippen molar-refractivity contribution in [3.05, 3.63) is 62.6 Å². The normalized spacial score (nSPS) is 16.3. The predicted octanol–water partition coefficient (Wildman–Crippen LogP) is 3.43. The number of hydrogen-bond donors (Lipinski definition) is 1. The Morgan fingerprint density at radius 2 is 2.28 bits per heavy atom. The summed E-state index contributed by atoms with van der Waals surface area (Å²) < 4.78 is 16.7. The molecule has 2 heterocycles. The van der Waals surface area contributed by atoms with Crippen LogP contribution in [0.4, 0.5) is 10.2 Å². The Kier molecular flexibility index (Phi) is 5.10. The average molecular weight is 424 g/mol. The number of hydrogen-bond acceptors (Lipinski definition) is 4. The number of thioether (sulfide) groups is 1. The van der Waals surface area contributed by atoms with Crippen LogP contribution in [-0.2, 0) is 11.8 Å². The molecule has 0 saturated carbocycles. The molecule has 0 aliphatic carbocycles. The van der Waals surface area contributed by atoms with Crippen LogP contribution in [0.2, 0.25) is 0 Å². The third kappa shape index (κ3) is 3.41. The van der Waals surface area contributed by atoms with Crippen LogP contribution in [0.5, 0.6) is 0 Å². The number of fused-ring (bicyclic) bond motifs is 1. The van der Waals surface area contributed by atoms with E-state index in [0.717, 1.165) is 0 Å². The zero-order chi connectivity index (χ0) is 18.1. The Balaban J connectivity index is 2.20. The molecule has 5 nitrogen and oxygen atoms in total. The molecule has 1 aliphatic rings. The Morgan fingerprint density at radius 1 is 1.52 bits per heavy atom. The van der Waals surface area contributed by atoms with Crippen molar-refractivity contribution in [2.45, 2.75) is 17.5 Å². The fraction of sp³-hybridized carbons (Fsp3) is 0.235. The highest BCUT2D eigenvalue weighted by Crippen LogP contribution is 2.37. The summed E-state index contributed by atoms with van der Waals surface area (Å²) in [6.07, 6.45) is 1.70. The quantitative estimate of drug-likeness (QED) is 0.464. The Bertz CT molecular complexity index is 929. The van der Waals surface area contributed by atoms with Crippen molar-refractivity contribution in [3.63, 3.8) is 0 Å². The molecule has 2 aromatic rings. The zero-order valence-corrected chi connectivity index (χ0v) is 15.8. The van der Waals surface area contributed by atoms with Crippen LogP contribution in [-0.4, -0.2) is 21.2 Å². The first-order chi connectivity index (χ1) is 11.9. The molecule has 130 valence electrons. The SMILES string of the molecule is C=CCSc1nc(=O)c2c(n1C)NC(=O)CC2c1cc(Br)ccc1F. The number of carbonyl (C=O) groups is 1. The summed E-state index contributed by atoms with van der Waals surface area (Å²) in [7, 11) is 1.72. The first-order valence-electron chi connectivity index (χ1n) is 7.51. The van der Waals surface area contributed by atoms with Gasteiger partial charge in [-0.3, -0.25) is 9.59 Å². The van der Waals surface area contributed by atoms with Crippen LogP contribution in [0.15, 0.2) is 45.3 Å². The third-order valence-corrected chi connectivity index (χ3v) is 5.48. The van der Waals surface area contributed by atoms with Crippen LogP contribution in [0.3, 0.4) is 0 Å². The van der Waals surface area contributed by atoms with Gasteiger partial charge in [-0.1, -0.05) is 33.8 Å². The van der Waals surface area contributed by atoms with Gasteiger partial charge < -0.3 is 9.88 Å². The average Bonchev–Trinajstić information content (AvgIpc) is 2.58. The molecule has 1 aliphatic heterocycles. The highest BCUT2D eigenvalue weighted by Gasteiger charge is 2.33. The molecule has 8 heteroatoms. The van der Waals surface area contributed by atoms with Gasteiger partial charge in [-0.05, 0) is 23.8 Å². The first kappa shape index (κ1) is 17.9. The van der Waals surface area contributed by atoms with Gasteiger partial charge in [-0.25, -0.2) is 4.39 Å². The van der Waals surface area contributed by atoms with Crippen LogP contribution >= 0.6 is 27.7 Å². The van der Waals surface area contributed by atoms with Gasteiger partial charge in [0.2, 0.25) is 5.91 Å². The van der Waals surface area contributed by atoms with E-state index in [1.165, 1.54) is 17.8 Å². The molecule has 1 aromatic heterocycles. The van der Waals surface area contributed by atoms with Gasteiger partial charge in [0.05, 0.1) is 5.56 Å². The lowest BCUT2D eigenvalue weighted by molar-refractivity contribution is -0.116. The number of rotatable bonds is 4. The van der Waals surface area contributed by atoms with Crippen LogP contribution in [0, 0.1) is 5.82 Å². The van der Waals surface area contributed by atoms with Crippen molar-refractivity contribution in [3.8, 4) is 0 Å². The molecule has 0 spiro atoms. The summed E-state index contributed by atoms with van der Waals surface area (Å²) in [5.41, 5.74) is 0.155. The Morgan fingerprint density at radius 3 is 3.00 bits per heavy atom. The number of aromatic nitrogens is 2. The number of benzene rings is 1. The van der Waals surface area contributed by atoms with Crippen molar-refractivity contribution in [1.29, 1.82) is 0 Å². The number of anilines is 1. The molecule has 0 saturated heterocycles. The van der Waals surface area contributed by atoms with Gasteiger partial charge in [0, 0.05) is 29.6 Å². The molecular formula is C17H15BrFN3O2S. The molecule has 1 amide bonds. The summed E-state index contributed by atoms with van der Waals surface area (Å²) in [6.45, 7) is 3.65. The second-order valence-corrected chi connectivity index (χ2v) is 7.49. The second-order valence-electron chi connectivity index (χ2n) is 5.59. The zero-order valence-electron chi connectivity index (χ0n) is 13.4. The Hall–Kier alpha value is -1.93. The van der Waals surface area contributed by atoms with Crippen molar-refractivity contribution in [2.75, 3.05) is 11.1 Å². The second kappa shape index (κ2) is 7.13. The van der Waals surface area contributed by atoms with Gasteiger partial charge >= 0.3 is 0 Å². The van der Waals surface area contributed by atoms with E-state index in [2.05, 4.69) is 32.8 Å². The maximum atomic E-state index is 14.4. The topological polar surface area (TPSA) is 64.0 Å². The molecule has 1 aromatic carbocycles. The Labute approximate surface area is 156 Å². The lowest BCUT2D eigenvalue weighted by Crippen LogP contribution is -2.33. The maximum Gasteiger partial charge on any atom is 0.279 e. The van der Waals surface area contributed by atoms with Crippen molar-refractivity contribution in [1.82, 2.24) is 9.55 Å². The van der Waals surface area contributed by atoms with Gasteiger partial charge in [-0.15, -0.1) is 6.58 Å². The number of carbonyl (C=O) groups excluding carboxylic acids is 1. The molecular weight excluding hydrogens is 409 g/mol. The minimum atomic E-state index is -0.675. The van der Waals surface area contributed by atoms with Crippen molar-refractivity contribution < 1.29 is 9.18 Å². The summed E-state index contributed by atoms with van der Waals surface area (Å²) >= 11 is 4.65. The molecule has 3 rings (SSSR count). The molecule has 0 radical (unpaired) electrons. The highest BCUT2D eigenvalue weighted by atomic mass is 79.9. The smallest absolute Gasteiger partial charge is 0.279 e. The number of halogens is 2. The van der Waals surface area contributed by atoms with Crippen molar-refractivity contribution >= 4 is 39.4 Å². The van der Waals surface area contributed by atoms with Crippen LogP contribution in [0.25, 0.3) is 0 Å². The molecule has 25 heavy (non-hydrogen) atoms. The van der Waals surface area contributed by atoms with E-state index in [1.54, 1.807) is 29.8 Å².